The highest BCUT2D eigenvalue weighted by atomic mass is 16.2. The lowest BCUT2D eigenvalue weighted by molar-refractivity contribution is 0.0666. The molecule has 116 valence electrons. The van der Waals surface area contributed by atoms with Crippen molar-refractivity contribution < 1.29 is 4.79 Å². The van der Waals surface area contributed by atoms with Crippen LogP contribution < -0.4 is 0 Å². The van der Waals surface area contributed by atoms with E-state index >= 15 is 0 Å². The molecule has 1 aromatic heterocycles. The molecule has 5 heteroatoms. The zero-order valence-electron chi connectivity index (χ0n) is 13.0. The number of rotatable bonds is 2. The fourth-order valence-corrected chi connectivity index (χ4v) is 4.18. The molecule has 2 fully saturated rings. The largest absolute Gasteiger partial charge is 0.334 e. The molecule has 0 aliphatic carbocycles. The van der Waals surface area contributed by atoms with Gasteiger partial charge in [-0.25, -0.2) is 0 Å². The summed E-state index contributed by atoms with van der Waals surface area (Å²) in [6.07, 6.45) is 6.46. The number of aromatic amines is 1. The second kappa shape index (κ2) is 5.39. The summed E-state index contributed by atoms with van der Waals surface area (Å²) in [5.41, 5.74) is 1.71. The molecule has 3 heterocycles. The van der Waals surface area contributed by atoms with E-state index in [1.165, 1.54) is 12.8 Å². The molecule has 1 N–H and O–H groups in total. The van der Waals surface area contributed by atoms with E-state index in [0.29, 0.717) is 12.1 Å². The summed E-state index contributed by atoms with van der Waals surface area (Å²) in [7, 11) is 2.19. The molecule has 0 spiro atoms. The topological polar surface area (TPSA) is 52.2 Å². The van der Waals surface area contributed by atoms with E-state index in [0.717, 1.165) is 42.4 Å². The molecule has 2 saturated heterocycles. The van der Waals surface area contributed by atoms with Gasteiger partial charge in [0.1, 0.15) is 0 Å². The van der Waals surface area contributed by atoms with Crippen molar-refractivity contribution in [3.8, 4) is 0 Å². The summed E-state index contributed by atoms with van der Waals surface area (Å²) in [4.78, 5) is 17.6. The Hall–Kier alpha value is -1.88. The summed E-state index contributed by atoms with van der Waals surface area (Å²) in [5.74, 6) is 0.162. The van der Waals surface area contributed by atoms with Crippen molar-refractivity contribution in [3.63, 3.8) is 0 Å². The number of hydrogen-bond acceptors (Lipinski definition) is 3. The van der Waals surface area contributed by atoms with Crippen molar-refractivity contribution in [1.29, 1.82) is 0 Å². The Bertz CT molecular complexity index is 695. The fourth-order valence-electron chi connectivity index (χ4n) is 4.18. The van der Waals surface area contributed by atoms with Gasteiger partial charge in [-0.3, -0.25) is 9.89 Å². The van der Waals surface area contributed by atoms with Gasteiger partial charge in [-0.1, -0.05) is 6.07 Å². The number of hydrogen-bond donors (Lipinski definition) is 1. The zero-order chi connectivity index (χ0) is 15.1. The summed E-state index contributed by atoms with van der Waals surface area (Å²) in [5, 5.41) is 7.95. The maximum atomic E-state index is 13.1. The fraction of sp³-hybridized carbons (Fsp3) is 0.529. The van der Waals surface area contributed by atoms with E-state index in [4.69, 9.17) is 0 Å². The second-order valence-corrected chi connectivity index (χ2v) is 6.54. The van der Waals surface area contributed by atoms with Crippen molar-refractivity contribution in [2.24, 2.45) is 0 Å². The Morgan fingerprint density at radius 1 is 1.23 bits per heavy atom. The molecule has 2 aromatic rings. The Morgan fingerprint density at radius 3 is 2.86 bits per heavy atom. The molecule has 0 saturated carbocycles. The Kier molecular flexibility index (Phi) is 3.37. The molecular weight excluding hydrogens is 276 g/mol. The molecular formula is C17H22N4O. The van der Waals surface area contributed by atoms with Crippen LogP contribution in [0.15, 0.2) is 24.4 Å². The first-order chi connectivity index (χ1) is 10.8. The van der Waals surface area contributed by atoms with E-state index < -0.39 is 0 Å². The molecule has 22 heavy (non-hydrogen) atoms. The van der Waals surface area contributed by atoms with Crippen LogP contribution in [0.4, 0.5) is 0 Å². The van der Waals surface area contributed by atoms with Crippen molar-refractivity contribution in [1.82, 2.24) is 20.0 Å². The molecule has 2 aliphatic heterocycles. The monoisotopic (exact) mass is 298 g/mol. The van der Waals surface area contributed by atoms with Crippen molar-refractivity contribution in [2.75, 3.05) is 20.1 Å². The van der Waals surface area contributed by atoms with Gasteiger partial charge in [0.05, 0.1) is 17.3 Å². The van der Waals surface area contributed by atoms with Crippen LogP contribution >= 0.6 is 0 Å². The highest BCUT2D eigenvalue weighted by molar-refractivity contribution is 6.06. The molecule has 1 aromatic carbocycles. The van der Waals surface area contributed by atoms with Crippen LogP contribution in [0.2, 0.25) is 0 Å². The molecule has 0 unspecified atom stereocenters. The minimum absolute atomic E-state index is 0.162. The number of carbonyl (C=O) groups is 1. The number of benzene rings is 1. The summed E-state index contributed by atoms with van der Waals surface area (Å²) >= 11 is 0. The van der Waals surface area contributed by atoms with Gasteiger partial charge in [0.25, 0.3) is 5.91 Å². The van der Waals surface area contributed by atoms with Crippen LogP contribution in [0, 0.1) is 0 Å². The second-order valence-electron chi connectivity index (χ2n) is 6.54. The number of carbonyl (C=O) groups excluding carboxylic acids is 1. The number of nitrogens with zero attached hydrogens (tertiary/aromatic N) is 3. The van der Waals surface area contributed by atoms with E-state index in [9.17, 15) is 4.79 Å². The minimum Gasteiger partial charge on any atom is -0.334 e. The summed E-state index contributed by atoms with van der Waals surface area (Å²) in [6, 6.07) is 6.71. The van der Waals surface area contributed by atoms with Crippen LogP contribution in [-0.2, 0) is 0 Å². The van der Waals surface area contributed by atoms with Gasteiger partial charge < -0.3 is 9.80 Å². The smallest absolute Gasteiger partial charge is 0.254 e. The van der Waals surface area contributed by atoms with Gasteiger partial charge in [0.15, 0.2) is 0 Å². The van der Waals surface area contributed by atoms with E-state index in [1.807, 2.05) is 18.2 Å². The van der Waals surface area contributed by atoms with Crippen LogP contribution in [0.25, 0.3) is 10.9 Å². The van der Waals surface area contributed by atoms with Gasteiger partial charge in [-0.05, 0) is 51.4 Å². The van der Waals surface area contributed by atoms with Gasteiger partial charge in [0.2, 0.25) is 0 Å². The van der Waals surface area contributed by atoms with E-state index in [1.54, 1.807) is 6.20 Å². The first-order valence-corrected chi connectivity index (χ1v) is 8.19. The summed E-state index contributed by atoms with van der Waals surface area (Å²) < 4.78 is 0. The van der Waals surface area contributed by atoms with Crippen LogP contribution in [0.5, 0.6) is 0 Å². The molecule has 1 amide bonds. The van der Waals surface area contributed by atoms with Crippen molar-refractivity contribution >= 4 is 16.8 Å². The van der Waals surface area contributed by atoms with E-state index in [-0.39, 0.29) is 5.91 Å². The number of likely N-dealkylation sites (N-methyl/N-ethyl adjacent to an activating group) is 1. The van der Waals surface area contributed by atoms with Crippen molar-refractivity contribution in [3.05, 3.63) is 30.0 Å². The zero-order valence-corrected chi connectivity index (χ0v) is 13.0. The van der Waals surface area contributed by atoms with Crippen LogP contribution in [-0.4, -0.2) is 58.1 Å². The standard InChI is InChI=1S/C17H22N4O/c1-20-9-3-7-15(20)16-8-4-10-21(16)17(22)12-5-2-6-14-13(12)11-18-19-14/h2,5-6,11,15-16H,3-4,7-10H2,1H3,(H,18,19)/t15-,16-/m0/s1. The lowest BCUT2D eigenvalue weighted by Gasteiger charge is -2.33. The van der Waals surface area contributed by atoms with Gasteiger partial charge >= 0.3 is 0 Å². The first-order valence-electron chi connectivity index (χ1n) is 8.19. The molecule has 2 atom stereocenters. The number of nitrogens with one attached hydrogen (secondary N) is 1. The lowest BCUT2D eigenvalue weighted by Crippen LogP contribution is -2.47. The maximum absolute atomic E-state index is 13.1. The SMILES string of the molecule is CN1CCC[C@H]1[C@@H]1CCCN1C(=O)c1cccc2[nH]ncc12. The quantitative estimate of drug-likeness (QED) is 0.925. The number of likely N-dealkylation sites (tertiary alicyclic amines) is 2. The van der Waals surface area contributed by atoms with Gasteiger partial charge in [-0.15, -0.1) is 0 Å². The highest BCUT2D eigenvalue weighted by Crippen LogP contribution is 2.31. The number of fused-ring (bicyclic) bond motifs is 1. The third-order valence-corrected chi connectivity index (χ3v) is 5.30. The third kappa shape index (κ3) is 2.11. The molecule has 0 radical (unpaired) electrons. The lowest BCUT2D eigenvalue weighted by atomic mass is 10.0. The number of aromatic nitrogens is 2. The highest BCUT2D eigenvalue weighted by Gasteiger charge is 2.38. The van der Waals surface area contributed by atoms with Gasteiger partial charge in [-0.2, -0.15) is 5.10 Å². The Balaban J connectivity index is 1.65. The van der Waals surface area contributed by atoms with Crippen LogP contribution in [0.1, 0.15) is 36.0 Å². The predicted molar refractivity (Wildman–Crippen MR) is 85.8 cm³/mol. The third-order valence-electron chi connectivity index (χ3n) is 5.30. The normalized spacial score (nSPS) is 26.1. The predicted octanol–water partition coefficient (Wildman–Crippen LogP) is 2.26. The van der Waals surface area contributed by atoms with Gasteiger partial charge in [0, 0.05) is 24.0 Å². The minimum atomic E-state index is 0.162. The van der Waals surface area contributed by atoms with Crippen LogP contribution in [0.3, 0.4) is 0 Å². The first kappa shape index (κ1) is 13.8. The Labute approximate surface area is 130 Å². The number of H-pyrrole nitrogens is 1. The molecule has 0 bridgehead atoms. The molecule has 2 aliphatic rings. The molecule has 5 nitrogen and oxygen atoms in total. The van der Waals surface area contributed by atoms with E-state index in [2.05, 4.69) is 27.0 Å². The molecule has 4 rings (SSSR count). The van der Waals surface area contributed by atoms with Crippen molar-refractivity contribution in [2.45, 2.75) is 37.8 Å². The average molecular weight is 298 g/mol. The number of amides is 1. The average Bonchev–Trinajstić information content (AvgIpc) is 3.25. The summed E-state index contributed by atoms with van der Waals surface area (Å²) in [6.45, 7) is 2.03. The maximum Gasteiger partial charge on any atom is 0.254 e. The Morgan fingerprint density at radius 2 is 2.05 bits per heavy atom.